The number of hydrogen-bond donors (Lipinski definition) is 0. The molecule has 1 atom stereocenters. The lowest BCUT2D eigenvalue weighted by Crippen LogP contribution is -2.12. The summed E-state index contributed by atoms with van der Waals surface area (Å²) >= 11 is 0. The second kappa shape index (κ2) is 5.10. The van der Waals surface area contributed by atoms with Gasteiger partial charge in [0, 0.05) is 0 Å². The van der Waals surface area contributed by atoms with Gasteiger partial charge >= 0.3 is 0 Å². The first-order chi connectivity index (χ1) is 5.83. The van der Waals surface area contributed by atoms with Crippen LogP contribution in [-0.2, 0) is 4.79 Å². The molecule has 1 saturated carbocycles. The van der Waals surface area contributed by atoms with Crippen LogP contribution in [0.3, 0.4) is 0 Å². The fourth-order valence-corrected chi connectivity index (χ4v) is 2.05. The molecule has 1 aliphatic carbocycles. The Bertz CT molecular complexity index is 167. The van der Waals surface area contributed by atoms with Gasteiger partial charge in [0.25, 0.3) is 0 Å². The number of rotatable bonds is 3. The third-order valence-electron chi connectivity index (χ3n) is 2.67. The van der Waals surface area contributed by atoms with Gasteiger partial charge < -0.3 is 0 Å². The number of nitrogens with zero attached hydrogens (tertiary/aromatic N) is 1. The number of carbonyl (C=O) groups excluding carboxylic acids is 1. The predicted octanol–water partition coefficient (Wildman–Crippen LogP) is 2.68. The van der Waals surface area contributed by atoms with Gasteiger partial charge in [0.2, 0.25) is 6.08 Å². The van der Waals surface area contributed by atoms with Crippen molar-refractivity contribution in [2.24, 2.45) is 10.9 Å². The third-order valence-corrected chi connectivity index (χ3v) is 2.67. The van der Waals surface area contributed by atoms with Gasteiger partial charge in [0.15, 0.2) is 0 Å². The van der Waals surface area contributed by atoms with E-state index in [1.54, 1.807) is 6.08 Å². The first-order valence-electron chi connectivity index (χ1n) is 4.90. The Balaban J connectivity index is 2.24. The lowest BCUT2D eigenvalue weighted by atomic mass is 9.85. The SMILES string of the molecule is CC(CC1CCCCC1)N=C=O. The van der Waals surface area contributed by atoms with Crippen molar-refractivity contribution in [3.8, 4) is 0 Å². The monoisotopic (exact) mass is 167 g/mol. The average molecular weight is 167 g/mol. The molecule has 0 saturated heterocycles. The fourth-order valence-electron chi connectivity index (χ4n) is 2.05. The molecule has 1 unspecified atom stereocenters. The number of isocyanates is 1. The van der Waals surface area contributed by atoms with Crippen molar-refractivity contribution < 1.29 is 4.79 Å². The molecule has 0 aromatic rings. The van der Waals surface area contributed by atoms with Crippen molar-refractivity contribution >= 4 is 6.08 Å². The third kappa shape index (κ3) is 3.19. The molecule has 1 aliphatic rings. The summed E-state index contributed by atoms with van der Waals surface area (Å²) < 4.78 is 0. The Morgan fingerprint density at radius 2 is 2.08 bits per heavy atom. The lowest BCUT2D eigenvalue weighted by Gasteiger charge is -2.22. The normalized spacial score (nSPS) is 21.4. The highest BCUT2D eigenvalue weighted by atomic mass is 16.1. The zero-order chi connectivity index (χ0) is 8.81. The maximum absolute atomic E-state index is 9.97. The summed E-state index contributed by atoms with van der Waals surface area (Å²) in [4.78, 5) is 13.7. The Kier molecular flexibility index (Phi) is 4.02. The van der Waals surface area contributed by atoms with Crippen LogP contribution in [0.1, 0.15) is 45.4 Å². The maximum Gasteiger partial charge on any atom is 0.235 e. The minimum atomic E-state index is 0.186. The van der Waals surface area contributed by atoms with Crippen LogP contribution in [0.4, 0.5) is 0 Å². The van der Waals surface area contributed by atoms with Gasteiger partial charge in [-0.25, -0.2) is 9.79 Å². The largest absolute Gasteiger partial charge is 0.235 e. The lowest BCUT2D eigenvalue weighted by molar-refractivity contribution is 0.323. The molecule has 1 rings (SSSR count). The summed E-state index contributed by atoms with van der Waals surface area (Å²) in [6.07, 6.45) is 9.49. The van der Waals surface area contributed by atoms with E-state index in [9.17, 15) is 4.79 Å². The van der Waals surface area contributed by atoms with E-state index >= 15 is 0 Å². The van der Waals surface area contributed by atoms with Crippen LogP contribution in [0.25, 0.3) is 0 Å². The maximum atomic E-state index is 9.97. The van der Waals surface area contributed by atoms with Crippen molar-refractivity contribution in [1.29, 1.82) is 0 Å². The van der Waals surface area contributed by atoms with Crippen LogP contribution in [-0.4, -0.2) is 12.1 Å². The van der Waals surface area contributed by atoms with Crippen molar-refractivity contribution in [2.45, 2.75) is 51.5 Å². The summed E-state index contributed by atoms with van der Waals surface area (Å²) in [5, 5.41) is 0. The molecule has 12 heavy (non-hydrogen) atoms. The van der Waals surface area contributed by atoms with E-state index in [1.165, 1.54) is 32.1 Å². The molecule has 0 amide bonds. The minimum absolute atomic E-state index is 0.186. The van der Waals surface area contributed by atoms with Crippen LogP contribution in [0, 0.1) is 5.92 Å². The molecule has 0 N–H and O–H groups in total. The van der Waals surface area contributed by atoms with Crippen LogP contribution >= 0.6 is 0 Å². The second-order valence-corrected chi connectivity index (χ2v) is 3.81. The van der Waals surface area contributed by atoms with Gasteiger partial charge in [0.1, 0.15) is 0 Å². The first-order valence-corrected chi connectivity index (χ1v) is 4.90. The van der Waals surface area contributed by atoms with Crippen molar-refractivity contribution in [3.05, 3.63) is 0 Å². The molecule has 0 bridgehead atoms. The standard InChI is InChI=1S/C10H17NO/c1-9(11-8-12)7-10-5-3-2-4-6-10/h9-10H,2-7H2,1H3. The molecule has 68 valence electrons. The first kappa shape index (κ1) is 9.47. The Labute approximate surface area is 74.1 Å². The fraction of sp³-hybridized carbons (Fsp3) is 0.900. The van der Waals surface area contributed by atoms with E-state index in [2.05, 4.69) is 4.99 Å². The van der Waals surface area contributed by atoms with E-state index < -0.39 is 0 Å². The Morgan fingerprint density at radius 3 is 2.67 bits per heavy atom. The minimum Gasteiger partial charge on any atom is -0.211 e. The summed E-state index contributed by atoms with van der Waals surface area (Å²) in [5.41, 5.74) is 0. The summed E-state index contributed by atoms with van der Waals surface area (Å²) in [6.45, 7) is 2.00. The molecule has 0 aromatic carbocycles. The van der Waals surface area contributed by atoms with Gasteiger partial charge in [-0.15, -0.1) is 0 Å². The van der Waals surface area contributed by atoms with Crippen LogP contribution in [0.5, 0.6) is 0 Å². The number of hydrogen-bond acceptors (Lipinski definition) is 2. The van der Waals surface area contributed by atoms with Crippen molar-refractivity contribution in [2.75, 3.05) is 0 Å². The molecule has 2 heteroatoms. The molecule has 2 nitrogen and oxygen atoms in total. The summed E-state index contributed by atoms with van der Waals surface area (Å²) in [5.74, 6) is 0.811. The molecule has 0 spiro atoms. The van der Waals surface area contributed by atoms with E-state index in [-0.39, 0.29) is 6.04 Å². The van der Waals surface area contributed by atoms with Crippen LogP contribution in [0.2, 0.25) is 0 Å². The van der Waals surface area contributed by atoms with E-state index in [0.717, 1.165) is 12.3 Å². The van der Waals surface area contributed by atoms with Crippen LogP contribution in [0.15, 0.2) is 4.99 Å². The van der Waals surface area contributed by atoms with E-state index in [0.29, 0.717) is 0 Å². The Hall–Kier alpha value is -0.620. The highest BCUT2D eigenvalue weighted by Crippen LogP contribution is 2.27. The van der Waals surface area contributed by atoms with Crippen molar-refractivity contribution in [3.63, 3.8) is 0 Å². The quantitative estimate of drug-likeness (QED) is 0.469. The summed E-state index contributed by atoms with van der Waals surface area (Å²) in [7, 11) is 0. The van der Waals surface area contributed by atoms with Gasteiger partial charge in [-0.05, 0) is 19.3 Å². The smallest absolute Gasteiger partial charge is 0.211 e. The average Bonchev–Trinajstić information content (AvgIpc) is 2.06. The highest BCUT2D eigenvalue weighted by Gasteiger charge is 2.15. The summed E-state index contributed by atoms with van der Waals surface area (Å²) in [6, 6.07) is 0.186. The molecular weight excluding hydrogens is 150 g/mol. The van der Waals surface area contributed by atoms with Gasteiger partial charge in [-0.2, -0.15) is 0 Å². The van der Waals surface area contributed by atoms with Gasteiger partial charge in [-0.3, -0.25) is 0 Å². The van der Waals surface area contributed by atoms with E-state index in [1.807, 2.05) is 6.92 Å². The molecule has 0 aromatic heterocycles. The van der Waals surface area contributed by atoms with Gasteiger partial charge in [0.05, 0.1) is 6.04 Å². The molecule has 0 radical (unpaired) electrons. The van der Waals surface area contributed by atoms with E-state index in [4.69, 9.17) is 0 Å². The molecular formula is C10H17NO. The van der Waals surface area contributed by atoms with Crippen LogP contribution < -0.4 is 0 Å². The molecule has 0 aliphatic heterocycles. The predicted molar refractivity (Wildman–Crippen MR) is 48.8 cm³/mol. The van der Waals surface area contributed by atoms with Gasteiger partial charge in [-0.1, -0.05) is 32.1 Å². The topological polar surface area (TPSA) is 29.4 Å². The zero-order valence-corrected chi connectivity index (χ0v) is 7.75. The Morgan fingerprint density at radius 1 is 1.42 bits per heavy atom. The number of aliphatic imine (C=N–C) groups is 1. The molecule has 0 heterocycles. The van der Waals surface area contributed by atoms with Crippen molar-refractivity contribution in [1.82, 2.24) is 0 Å². The zero-order valence-electron chi connectivity index (χ0n) is 7.75. The molecule has 1 fully saturated rings. The highest BCUT2D eigenvalue weighted by molar-refractivity contribution is 5.33. The second-order valence-electron chi connectivity index (χ2n) is 3.81.